The predicted octanol–water partition coefficient (Wildman–Crippen LogP) is 6.80. The maximum absolute atomic E-state index is 7.19. The Hall–Kier alpha value is -3.74. The molecule has 2 atom stereocenters. The first-order valence-corrected chi connectivity index (χ1v) is 12.1. The number of hydrogen-bond acceptors (Lipinski definition) is 5. The number of rotatable bonds is 6. The second-order valence-corrected chi connectivity index (χ2v) is 9.03. The fraction of sp³-hybridized carbons (Fsp3) is 0.357. The molecule has 0 saturated carbocycles. The number of para-hydroxylation sites is 2. The van der Waals surface area contributed by atoms with Crippen molar-refractivity contribution in [2.75, 3.05) is 0 Å². The van der Waals surface area contributed by atoms with Crippen molar-refractivity contribution in [1.29, 1.82) is 0 Å². The van der Waals surface area contributed by atoms with Crippen molar-refractivity contribution in [3.8, 4) is 5.75 Å². The monoisotopic (exact) mass is 470 g/mol. The van der Waals surface area contributed by atoms with Gasteiger partial charge in [-0.1, -0.05) is 43.5 Å². The summed E-state index contributed by atoms with van der Waals surface area (Å²) in [7, 11) is 0. The van der Waals surface area contributed by atoms with Gasteiger partial charge >= 0.3 is 0 Å². The third-order valence-corrected chi connectivity index (χ3v) is 7.46. The number of nitrogens with one attached hydrogen (secondary N) is 2. The molecule has 7 heteroatoms. The van der Waals surface area contributed by atoms with Crippen LogP contribution in [0.5, 0.6) is 5.75 Å². The van der Waals surface area contributed by atoms with Crippen LogP contribution < -0.4 is 4.74 Å². The van der Waals surface area contributed by atoms with Gasteiger partial charge in [0.25, 0.3) is 0 Å². The third-order valence-electron chi connectivity index (χ3n) is 7.46. The number of nitrogens with zero attached hydrogens (tertiary/aromatic N) is 4. The number of H-pyrrole nitrogens is 2. The lowest BCUT2D eigenvalue weighted by Crippen LogP contribution is -2.46. The Labute approximate surface area is 206 Å². The summed E-state index contributed by atoms with van der Waals surface area (Å²) in [5, 5.41) is 23.2. The third kappa shape index (κ3) is 3.85. The molecule has 2 aromatic carbocycles. The molecule has 1 aliphatic rings. The van der Waals surface area contributed by atoms with Crippen LogP contribution in [0.25, 0.3) is 22.1 Å². The molecule has 0 bridgehead atoms. The standard InChI is InChI=1S/C26H30N6O.C2H4/c1-6-7-10-19-17(4)15(2)16(3)18(5)26(19,20-11-8-12-21-24(20)29-31-27-21)33-23-14-9-13-22-25(23)30-32-28-22;1-2/h8-9,11-14,19H,6-7,10H2,1-5H3,(H,27,29,31)(H,28,30,32);1-2H2. The fourth-order valence-electron chi connectivity index (χ4n) is 5.37. The molecule has 2 aromatic heterocycles. The van der Waals surface area contributed by atoms with E-state index in [-0.39, 0.29) is 5.92 Å². The molecule has 7 nitrogen and oxygen atoms in total. The van der Waals surface area contributed by atoms with Gasteiger partial charge in [-0.15, -0.1) is 13.2 Å². The van der Waals surface area contributed by atoms with Crippen molar-refractivity contribution >= 4 is 22.1 Å². The van der Waals surface area contributed by atoms with Crippen LogP contribution in [0.15, 0.2) is 71.8 Å². The molecule has 0 radical (unpaired) electrons. The van der Waals surface area contributed by atoms with Crippen LogP contribution in [-0.2, 0) is 5.60 Å². The molecule has 0 fully saturated rings. The van der Waals surface area contributed by atoms with Crippen LogP contribution in [0.2, 0.25) is 0 Å². The predicted molar refractivity (Wildman–Crippen MR) is 141 cm³/mol. The molecule has 0 amide bonds. The molecule has 5 rings (SSSR count). The van der Waals surface area contributed by atoms with Gasteiger partial charge in [0.1, 0.15) is 16.6 Å². The zero-order chi connectivity index (χ0) is 25.2. The van der Waals surface area contributed by atoms with Gasteiger partial charge in [0.15, 0.2) is 16.9 Å². The van der Waals surface area contributed by atoms with Crippen molar-refractivity contribution in [2.24, 2.45) is 5.92 Å². The van der Waals surface area contributed by atoms with Crippen molar-refractivity contribution in [2.45, 2.75) is 59.5 Å². The zero-order valence-corrected chi connectivity index (χ0v) is 21.3. The lowest BCUT2D eigenvalue weighted by Gasteiger charge is -2.47. The Morgan fingerprint density at radius 3 is 2.17 bits per heavy atom. The highest BCUT2D eigenvalue weighted by Gasteiger charge is 2.50. The Balaban J connectivity index is 0.00000141. The number of aromatic amines is 2. The minimum absolute atomic E-state index is 0.144. The van der Waals surface area contributed by atoms with E-state index in [0.717, 1.165) is 46.9 Å². The highest BCUT2D eigenvalue weighted by Crippen LogP contribution is 2.53. The Bertz CT molecular complexity index is 1410. The molecule has 2 N–H and O–H groups in total. The smallest absolute Gasteiger partial charge is 0.164 e. The normalized spacial score (nSPS) is 20.3. The van der Waals surface area contributed by atoms with E-state index in [9.17, 15) is 0 Å². The fourth-order valence-corrected chi connectivity index (χ4v) is 5.37. The Kier molecular flexibility index (Phi) is 6.87. The molecule has 2 heterocycles. The van der Waals surface area contributed by atoms with E-state index in [0.29, 0.717) is 5.75 Å². The molecular weight excluding hydrogens is 436 g/mol. The average Bonchev–Trinajstić information content (AvgIpc) is 3.57. The number of fused-ring (bicyclic) bond motifs is 2. The molecule has 0 spiro atoms. The number of ether oxygens (including phenoxy) is 1. The summed E-state index contributed by atoms with van der Waals surface area (Å²) in [6.07, 6.45) is 3.23. The Morgan fingerprint density at radius 1 is 0.857 bits per heavy atom. The van der Waals surface area contributed by atoms with Gasteiger partial charge in [-0.05, 0) is 69.0 Å². The molecule has 182 valence electrons. The zero-order valence-electron chi connectivity index (χ0n) is 21.3. The minimum Gasteiger partial charge on any atom is -0.475 e. The second kappa shape index (κ2) is 9.86. The maximum atomic E-state index is 7.19. The Morgan fingerprint density at radius 2 is 1.49 bits per heavy atom. The van der Waals surface area contributed by atoms with E-state index in [1.54, 1.807) is 0 Å². The lowest BCUT2D eigenvalue weighted by atomic mass is 9.64. The van der Waals surface area contributed by atoms with Gasteiger partial charge in [0.2, 0.25) is 0 Å². The number of unbranched alkanes of at least 4 members (excludes halogenated alkanes) is 1. The summed E-state index contributed by atoms with van der Waals surface area (Å²) in [5.74, 6) is 0.855. The number of allylic oxidation sites excluding steroid dienone is 2. The van der Waals surface area contributed by atoms with Crippen LogP contribution >= 0.6 is 0 Å². The van der Waals surface area contributed by atoms with Crippen LogP contribution in [0.3, 0.4) is 0 Å². The van der Waals surface area contributed by atoms with Gasteiger partial charge in [-0.3, -0.25) is 0 Å². The quantitative estimate of drug-likeness (QED) is 0.302. The molecule has 35 heavy (non-hydrogen) atoms. The average molecular weight is 471 g/mol. The highest BCUT2D eigenvalue weighted by atomic mass is 16.5. The second-order valence-electron chi connectivity index (χ2n) is 9.03. The lowest BCUT2D eigenvalue weighted by molar-refractivity contribution is 0.0488. The molecule has 0 aliphatic heterocycles. The van der Waals surface area contributed by atoms with E-state index in [1.165, 1.54) is 22.3 Å². The van der Waals surface area contributed by atoms with E-state index >= 15 is 0 Å². The topological polar surface area (TPSA) is 92.4 Å². The van der Waals surface area contributed by atoms with E-state index in [2.05, 4.69) is 84.7 Å². The van der Waals surface area contributed by atoms with Gasteiger partial charge in [-0.2, -0.15) is 30.8 Å². The summed E-state index contributed by atoms with van der Waals surface area (Å²) in [4.78, 5) is 0. The van der Waals surface area contributed by atoms with E-state index in [4.69, 9.17) is 4.74 Å². The first kappa shape index (κ1) is 24.4. The SMILES string of the molecule is C=C.CCCCC1C(C)=C(C)C(C)=C(C)C1(Oc1cccc2n[nH]nc12)c1cccc2n[nH]nc12. The van der Waals surface area contributed by atoms with Gasteiger partial charge in [0.05, 0.1) is 0 Å². The number of benzene rings is 2. The van der Waals surface area contributed by atoms with Crippen LogP contribution in [-0.4, -0.2) is 30.8 Å². The molecule has 4 aromatic rings. The minimum atomic E-state index is -0.744. The summed E-state index contributed by atoms with van der Waals surface area (Å²) < 4.78 is 7.19. The first-order chi connectivity index (χ1) is 17.0. The van der Waals surface area contributed by atoms with Crippen LogP contribution in [0.4, 0.5) is 0 Å². The summed E-state index contributed by atoms with van der Waals surface area (Å²) in [6.45, 7) is 17.1. The number of aromatic nitrogens is 6. The van der Waals surface area contributed by atoms with Crippen molar-refractivity contribution in [3.63, 3.8) is 0 Å². The van der Waals surface area contributed by atoms with Crippen LogP contribution in [0.1, 0.15) is 59.4 Å². The first-order valence-electron chi connectivity index (χ1n) is 12.1. The highest BCUT2D eigenvalue weighted by molar-refractivity contribution is 5.82. The largest absolute Gasteiger partial charge is 0.475 e. The molecule has 2 unspecified atom stereocenters. The van der Waals surface area contributed by atoms with Crippen LogP contribution in [0, 0.1) is 5.92 Å². The summed E-state index contributed by atoms with van der Waals surface area (Å²) >= 11 is 0. The van der Waals surface area contributed by atoms with Crippen molar-refractivity contribution in [1.82, 2.24) is 30.8 Å². The van der Waals surface area contributed by atoms with Crippen molar-refractivity contribution < 1.29 is 4.74 Å². The summed E-state index contributed by atoms with van der Waals surface area (Å²) in [5.41, 5.74) is 8.63. The summed E-state index contributed by atoms with van der Waals surface area (Å²) in [6, 6.07) is 12.1. The maximum Gasteiger partial charge on any atom is 0.164 e. The van der Waals surface area contributed by atoms with E-state index in [1.807, 2.05) is 30.3 Å². The van der Waals surface area contributed by atoms with Gasteiger partial charge in [0, 0.05) is 11.5 Å². The number of hydrogen-bond donors (Lipinski definition) is 2. The van der Waals surface area contributed by atoms with E-state index < -0.39 is 5.60 Å². The molecular formula is C28H34N6O. The molecule has 0 saturated heterocycles. The van der Waals surface area contributed by atoms with Crippen molar-refractivity contribution in [3.05, 3.63) is 77.4 Å². The molecule has 1 aliphatic carbocycles. The van der Waals surface area contributed by atoms with Gasteiger partial charge in [-0.25, -0.2) is 0 Å². The van der Waals surface area contributed by atoms with Gasteiger partial charge < -0.3 is 4.74 Å².